The van der Waals surface area contributed by atoms with Crippen LogP contribution in [0.3, 0.4) is 0 Å². The molecule has 0 bridgehead atoms. The van der Waals surface area contributed by atoms with E-state index in [2.05, 4.69) is 18.7 Å². The van der Waals surface area contributed by atoms with Crippen molar-refractivity contribution >= 4 is 48.3 Å². The van der Waals surface area contributed by atoms with Gasteiger partial charge in [0.2, 0.25) is 6.79 Å². The summed E-state index contributed by atoms with van der Waals surface area (Å²) in [6.07, 6.45) is 1.62. The zero-order valence-electron chi connectivity index (χ0n) is 23.1. The number of amides is 1. The van der Waals surface area contributed by atoms with Crippen molar-refractivity contribution in [2.45, 2.75) is 31.6 Å². The molecule has 6 rings (SSSR count). The van der Waals surface area contributed by atoms with Crippen LogP contribution >= 0.6 is 11.3 Å². The molecule has 2 aliphatic rings. The van der Waals surface area contributed by atoms with E-state index in [1.165, 1.54) is 27.8 Å². The number of nitrogens with zero attached hydrogens (tertiary/aromatic N) is 4. The van der Waals surface area contributed by atoms with Gasteiger partial charge >= 0.3 is 0 Å². The molecular weight excluding hydrogens is 560 g/mol. The molecule has 11 heteroatoms. The van der Waals surface area contributed by atoms with Crippen molar-refractivity contribution in [3.8, 4) is 11.5 Å². The molecule has 0 radical (unpaired) electrons. The highest BCUT2D eigenvalue weighted by atomic mass is 32.2. The molecule has 0 fully saturated rings. The number of hydrogen-bond donors (Lipinski definition) is 0. The largest absolute Gasteiger partial charge is 0.454 e. The molecule has 214 valence electrons. The molecule has 1 amide bonds. The Labute approximate surface area is 244 Å². The van der Waals surface area contributed by atoms with Gasteiger partial charge < -0.3 is 14.4 Å². The summed E-state index contributed by atoms with van der Waals surface area (Å²) in [5.41, 5.74) is 2.88. The molecule has 0 aliphatic carbocycles. The summed E-state index contributed by atoms with van der Waals surface area (Å²) in [6, 6.07) is 17.6. The first-order chi connectivity index (χ1) is 19.9. The van der Waals surface area contributed by atoms with Gasteiger partial charge in [-0.2, -0.15) is 0 Å². The van der Waals surface area contributed by atoms with Gasteiger partial charge in [-0.15, -0.1) is 0 Å². The van der Waals surface area contributed by atoms with Crippen LogP contribution in [-0.4, -0.2) is 63.7 Å². The van der Waals surface area contributed by atoms with Gasteiger partial charge in [-0.25, -0.2) is 13.4 Å². The van der Waals surface area contributed by atoms with E-state index in [9.17, 15) is 13.2 Å². The predicted octanol–water partition coefficient (Wildman–Crippen LogP) is 5.16. The second-order valence-corrected chi connectivity index (χ2v) is 12.9. The van der Waals surface area contributed by atoms with E-state index in [1.807, 2.05) is 36.4 Å². The van der Waals surface area contributed by atoms with Gasteiger partial charge in [0, 0.05) is 37.3 Å². The van der Waals surface area contributed by atoms with E-state index in [1.54, 1.807) is 17.0 Å². The van der Waals surface area contributed by atoms with E-state index < -0.39 is 10.0 Å². The zero-order valence-corrected chi connectivity index (χ0v) is 24.7. The first-order valence-corrected chi connectivity index (χ1v) is 16.1. The lowest BCUT2D eigenvalue weighted by Gasteiger charge is -2.30. The molecular formula is C30H32N4O5S2. The third-order valence-corrected chi connectivity index (χ3v) is 10.5. The third-order valence-electron chi connectivity index (χ3n) is 7.64. The second-order valence-electron chi connectivity index (χ2n) is 9.99. The normalized spacial score (nSPS) is 14.5. The number of hydrogen-bond acceptors (Lipinski definition) is 8. The summed E-state index contributed by atoms with van der Waals surface area (Å²) < 4.78 is 40.6. The number of rotatable bonds is 9. The van der Waals surface area contributed by atoms with E-state index in [4.69, 9.17) is 14.5 Å². The first kappa shape index (κ1) is 27.5. The maximum Gasteiger partial charge on any atom is 0.264 e. The summed E-state index contributed by atoms with van der Waals surface area (Å²) >= 11 is 1.42. The van der Waals surface area contributed by atoms with Crippen LogP contribution in [0.15, 0.2) is 65.6 Å². The van der Waals surface area contributed by atoms with Crippen molar-refractivity contribution in [2.75, 3.05) is 48.7 Å². The second kappa shape index (κ2) is 11.3. The van der Waals surface area contributed by atoms with Crippen LogP contribution in [0.4, 0.5) is 10.8 Å². The van der Waals surface area contributed by atoms with Gasteiger partial charge in [0.1, 0.15) is 0 Å². The summed E-state index contributed by atoms with van der Waals surface area (Å²) in [6.45, 7) is 7.65. The number of thiazole rings is 1. The quantitative estimate of drug-likeness (QED) is 0.265. The molecule has 2 aliphatic heterocycles. The van der Waals surface area contributed by atoms with Crippen molar-refractivity contribution in [2.24, 2.45) is 0 Å². The number of ether oxygens (including phenoxy) is 2. The van der Waals surface area contributed by atoms with Crippen LogP contribution in [0, 0.1) is 0 Å². The van der Waals surface area contributed by atoms with E-state index >= 15 is 0 Å². The van der Waals surface area contributed by atoms with Crippen LogP contribution < -0.4 is 18.7 Å². The molecule has 4 aromatic rings. The van der Waals surface area contributed by atoms with Gasteiger partial charge in [-0.05, 0) is 61.8 Å². The molecule has 0 unspecified atom stereocenters. The Bertz CT molecular complexity index is 1640. The minimum atomic E-state index is -3.77. The van der Waals surface area contributed by atoms with Crippen molar-refractivity contribution in [3.63, 3.8) is 0 Å². The van der Waals surface area contributed by atoms with Crippen molar-refractivity contribution in [1.29, 1.82) is 0 Å². The van der Waals surface area contributed by atoms with Crippen LogP contribution in [-0.2, 0) is 16.4 Å². The Morgan fingerprint density at radius 2 is 1.73 bits per heavy atom. The highest BCUT2D eigenvalue weighted by Gasteiger charge is 2.30. The Morgan fingerprint density at radius 1 is 1.00 bits per heavy atom. The minimum absolute atomic E-state index is 0.162. The highest BCUT2D eigenvalue weighted by molar-refractivity contribution is 7.92. The fraction of sp³-hybridized carbons (Fsp3) is 0.333. The molecule has 3 heterocycles. The summed E-state index contributed by atoms with van der Waals surface area (Å²) in [4.78, 5) is 22.8. The minimum Gasteiger partial charge on any atom is -0.454 e. The van der Waals surface area contributed by atoms with Gasteiger partial charge in [-0.1, -0.05) is 43.4 Å². The van der Waals surface area contributed by atoms with Crippen molar-refractivity contribution in [3.05, 3.63) is 71.8 Å². The zero-order chi connectivity index (χ0) is 28.6. The average Bonchev–Trinajstić information content (AvgIpc) is 3.63. The lowest BCUT2D eigenvalue weighted by atomic mass is 10.0. The molecule has 3 aromatic carbocycles. The first-order valence-electron chi connectivity index (χ1n) is 13.8. The predicted molar refractivity (Wildman–Crippen MR) is 161 cm³/mol. The smallest absolute Gasteiger partial charge is 0.264 e. The standard InChI is InChI=1S/C30H32N4O5S2/c1-3-32(4-2)16-17-33(30-31-24-18-26-27(39-20-38-26)19-28(24)40-30)29(35)22-11-13-23(14-12-22)41(36,37)34-15-7-9-21-8-5-6-10-25(21)34/h5-6,8,10-14,18-19H,3-4,7,9,15-17,20H2,1-2H3. The summed E-state index contributed by atoms with van der Waals surface area (Å²) in [5, 5.41) is 0.572. The fourth-order valence-corrected chi connectivity index (χ4v) is 7.83. The van der Waals surface area contributed by atoms with Gasteiger partial charge in [0.05, 0.1) is 20.8 Å². The van der Waals surface area contributed by atoms with Crippen LogP contribution in [0.5, 0.6) is 11.5 Å². The summed E-state index contributed by atoms with van der Waals surface area (Å²) in [7, 11) is -3.77. The summed E-state index contributed by atoms with van der Waals surface area (Å²) in [5.74, 6) is 1.08. The number of para-hydroxylation sites is 1. The number of benzene rings is 3. The van der Waals surface area contributed by atoms with Gasteiger partial charge in [0.25, 0.3) is 15.9 Å². The molecule has 1 aromatic heterocycles. The molecule has 0 saturated carbocycles. The maximum absolute atomic E-state index is 13.9. The van der Waals surface area contributed by atoms with Crippen LogP contribution in [0.1, 0.15) is 36.2 Å². The molecule has 41 heavy (non-hydrogen) atoms. The number of fused-ring (bicyclic) bond motifs is 3. The van der Waals surface area contributed by atoms with Crippen molar-refractivity contribution in [1.82, 2.24) is 9.88 Å². The van der Waals surface area contributed by atoms with Gasteiger partial charge in [-0.3, -0.25) is 14.0 Å². The lowest BCUT2D eigenvalue weighted by molar-refractivity contribution is 0.0983. The number of sulfonamides is 1. The topological polar surface area (TPSA) is 92.3 Å². The van der Waals surface area contributed by atoms with Gasteiger partial charge in [0.15, 0.2) is 16.6 Å². The molecule has 0 N–H and O–H groups in total. The average molecular weight is 593 g/mol. The number of aryl methyl sites for hydroxylation is 1. The number of likely N-dealkylation sites (N-methyl/N-ethyl adjacent to an activating group) is 1. The number of carbonyl (C=O) groups is 1. The van der Waals surface area contributed by atoms with Crippen LogP contribution in [0.25, 0.3) is 10.2 Å². The number of anilines is 2. The lowest BCUT2D eigenvalue weighted by Crippen LogP contribution is -2.39. The fourth-order valence-electron chi connectivity index (χ4n) is 5.29. The molecule has 0 saturated heterocycles. The van der Waals surface area contributed by atoms with E-state index in [-0.39, 0.29) is 17.6 Å². The van der Waals surface area contributed by atoms with E-state index in [0.717, 1.165) is 47.4 Å². The number of carbonyl (C=O) groups excluding carboxylic acids is 1. The Kier molecular flexibility index (Phi) is 7.58. The third kappa shape index (κ3) is 5.25. The number of aromatic nitrogens is 1. The Balaban J connectivity index is 1.29. The monoisotopic (exact) mass is 592 g/mol. The molecule has 0 atom stereocenters. The van der Waals surface area contributed by atoms with E-state index in [0.29, 0.717) is 41.8 Å². The maximum atomic E-state index is 13.9. The Morgan fingerprint density at radius 3 is 2.49 bits per heavy atom. The Hall–Kier alpha value is -3.67. The molecule has 9 nitrogen and oxygen atoms in total. The SMILES string of the molecule is CCN(CC)CCN(C(=O)c1ccc(S(=O)(=O)N2CCCc3ccccc32)cc1)c1nc2cc3c(cc2s1)OCO3. The van der Waals surface area contributed by atoms with Crippen molar-refractivity contribution < 1.29 is 22.7 Å². The molecule has 0 spiro atoms. The van der Waals surface area contributed by atoms with Crippen LogP contribution in [0.2, 0.25) is 0 Å². The highest BCUT2D eigenvalue weighted by Crippen LogP contribution is 2.40.